The average Bonchev–Trinajstić information content (AvgIpc) is 3.20. The molecule has 0 radical (unpaired) electrons. The molecule has 0 spiro atoms. The lowest BCUT2D eigenvalue weighted by Crippen LogP contribution is -2.28. The van der Waals surface area contributed by atoms with Crippen molar-refractivity contribution in [1.29, 1.82) is 0 Å². The summed E-state index contributed by atoms with van der Waals surface area (Å²) in [5.41, 5.74) is 7.35. The Bertz CT molecular complexity index is 653. The van der Waals surface area contributed by atoms with E-state index >= 15 is 0 Å². The minimum atomic E-state index is 0.0485. The fourth-order valence-electron chi connectivity index (χ4n) is 2.42. The Labute approximate surface area is 132 Å². The Morgan fingerprint density at radius 2 is 2.19 bits per heavy atom. The van der Waals surface area contributed by atoms with Gasteiger partial charge in [0.15, 0.2) is 5.84 Å². The van der Waals surface area contributed by atoms with E-state index in [9.17, 15) is 0 Å². The molecule has 3 N–H and O–H groups in total. The first-order valence-electron chi connectivity index (χ1n) is 6.76. The van der Waals surface area contributed by atoms with Crippen molar-refractivity contribution in [3.63, 3.8) is 0 Å². The lowest BCUT2D eigenvalue weighted by Gasteiger charge is -2.27. The van der Waals surface area contributed by atoms with Crippen molar-refractivity contribution in [2.75, 3.05) is 4.90 Å². The molecular formula is C15H16ClN3OS. The fourth-order valence-corrected chi connectivity index (χ4v) is 3.39. The number of anilines is 1. The Kier molecular flexibility index (Phi) is 4.03. The third-order valence-electron chi connectivity index (χ3n) is 3.56. The van der Waals surface area contributed by atoms with E-state index in [0.717, 1.165) is 25.1 Å². The number of nitrogens with two attached hydrogens (primary N) is 1. The highest BCUT2D eigenvalue weighted by molar-refractivity contribution is 7.09. The molecule has 1 fully saturated rings. The quantitative estimate of drug-likeness (QED) is 0.382. The average molecular weight is 322 g/mol. The minimum absolute atomic E-state index is 0.0485. The Morgan fingerprint density at radius 3 is 2.81 bits per heavy atom. The van der Waals surface area contributed by atoms with Crippen LogP contribution in [0.5, 0.6) is 0 Å². The van der Waals surface area contributed by atoms with Gasteiger partial charge in [-0.15, -0.1) is 11.3 Å². The Morgan fingerprint density at radius 1 is 1.38 bits per heavy atom. The highest BCUT2D eigenvalue weighted by Gasteiger charge is 2.31. The van der Waals surface area contributed by atoms with E-state index in [2.05, 4.69) is 21.5 Å². The van der Waals surface area contributed by atoms with Crippen molar-refractivity contribution < 1.29 is 5.21 Å². The molecule has 2 aromatic rings. The summed E-state index contributed by atoms with van der Waals surface area (Å²) in [5.74, 6) is 0.0485. The van der Waals surface area contributed by atoms with Crippen LogP contribution < -0.4 is 10.6 Å². The molecule has 6 heteroatoms. The van der Waals surface area contributed by atoms with Gasteiger partial charge < -0.3 is 15.8 Å². The van der Waals surface area contributed by atoms with Crippen LogP contribution in [0.3, 0.4) is 0 Å². The van der Waals surface area contributed by atoms with Crippen LogP contribution in [0.25, 0.3) is 0 Å². The standard InChI is InChI=1S/C15H16ClN3OS/c16-12-4-1-5-13(14(12)15(17)18-20)19(10-6-7-10)9-11-3-2-8-21-11/h1-5,8,10,20H,6-7,9H2,(H2,17,18). The molecule has 0 saturated heterocycles. The van der Waals surface area contributed by atoms with Gasteiger partial charge in [0, 0.05) is 16.6 Å². The number of halogens is 1. The van der Waals surface area contributed by atoms with Crippen LogP contribution in [0.15, 0.2) is 40.9 Å². The molecular weight excluding hydrogens is 306 g/mol. The second-order valence-electron chi connectivity index (χ2n) is 5.06. The summed E-state index contributed by atoms with van der Waals surface area (Å²) in [6, 6.07) is 10.3. The zero-order chi connectivity index (χ0) is 14.8. The molecule has 1 aliphatic rings. The van der Waals surface area contributed by atoms with E-state index in [0.29, 0.717) is 16.6 Å². The predicted molar refractivity (Wildman–Crippen MR) is 87.5 cm³/mol. The lowest BCUT2D eigenvalue weighted by molar-refractivity contribution is 0.318. The number of nitrogens with zero attached hydrogens (tertiary/aromatic N) is 2. The van der Waals surface area contributed by atoms with Gasteiger partial charge >= 0.3 is 0 Å². The van der Waals surface area contributed by atoms with E-state index in [-0.39, 0.29) is 5.84 Å². The second-order valence-corrected chi connectivity index (χ2v) is 6.50. The normalized spacial score (nSPS) is 15.2. The van der Waals surface area contributed by atoms with Crippen molar-refractivity contribution in [2.45, 2.75) is 25.4 Å². The molecule has 0 unspecified atom stereocenters. The molecule has 1 aliphatic carbocycles. The number of rotatable bonds is 5. The first kappa shape index (κ1) is 14.2. The van der Waals surface area contributed by atoms with Crippen molar-refractivity contribution in [2.24, 2.45) is 10.9 Å². The number of hydrogen-bond donors (Lipinski definition) is 2. The monoisotopic (exact) mass is 321 g/mol. The number of thiophene rings is 1. The summed E-state index contributed by atoms with van der Waals surface area (Å²) in [7, 11) is 0. The Hall–Kier alpha value is -1.72. The molecule has 0 atom stereocenters. The van der Waals surface area contributed by atoms with E-state index < -0.39 is 0 Å². The zero-order valence-electron chi connectivity index (χ0n) is 11.4. The van der Waals surface area contributed by atoms with E-state index in [1.165, 1.54) is 4.88 Å². The van der Waals surface area contributed by atoms with E-state index in [1.807, 2.05) is 18.2 Å². The van der Waals surface area contributed by atoms with Gasteiger partial charge in [-0.2, -0.15) is 0 Å². The van der Waals surface area contributed by atoms with Crippen molar-refractivity contribution in [3.8, 4) is 0 Å². The summed E-state index contributed by atoms with van der Waals surface area (Å²) >= 11 is 7.99. The fraction of sp³-hybridized carbons (Fsp3) is 0.267. The van der Waals surface area contributed by atoms with Crippen LogP contribution in [-0.4, -0.2) is 17.1 Å². The third kappa shape index (κ3) is 2.99. The maximum Gasteiger partial charge on any atom is 0.173 e. The topological polar surface area (TPSA) is 61.9 Å². The second kappa shape index (κ2) is 5.95. The van der Waals surface area contributed by atoms with Gasteiger partial charge in [-0.3, -0.25) is 0 Å². The smallest absolute Gasteiger partial charge is 0.173 e. The van der Waals surface area contributed by atoms with Crippen LogP contribution >= 0.6 is 22.9 Å². The van der Waals surface area contributed by atoms with Crippen LogP contribution in [0.4, 0.5) is 5.69 Å². The van der Waals surface area contributed by atoms with Crippen molar-refractivity contribution in [1.82, 2.24) is 0 Å². The van der Waals surface area contributed by atoms with Crippen molar-refractivity contribution in [3.05, 3.63) is 51.2 Å². The molecule has 1 aromatic carbocycles. The molecule has 21 heavy (non-hydrogen) atoms. The van der Waals surface area contributed by atoms with Gasteiger partial charge in [0.1, 0.15) is 0 Å². The highest BCUT2D eigenvalue weighted by Crippen LogP contribution is 2.37. The van der Waals surface area contributed by atoms with Crippen LogP contribution in [0, 0.1) is 0 Å². The molecule has 1 saturated carbocycles. The first-order valence-corrected chi connectivity index (χ1v) is 8.02. The maximum atomic E-state index is 9.02. The zero-order valence-corrected chi connectivity index (χ0v) is 12.9. The van der Waals surface area contributed by atoms with Gasteiger partial charge in [0.2, 0.25) is 0 Å². The number of oxime groups is 1. The highest BCUT2D eigenvalue weighted by atomic mass is 35.5. The van der Waals surface area contributed by atoms with Crippen LogP contribution in [-0.2, 0) is 6.54 Å². The summed E-state index contributed by atoms with van der Waals surface area (Å²) < 4.78 is 0. The third-order valence-corrected chi connectivity index (χ3v) is 4.73. The van der Waals surface area contributed by atoms with E-state index in [1.54, 1.807) is 17.4 Å². The number of hydrogen-bond acceptors (Lipinski definition) is 4. The lowest BCUT2D eigenvalue weighted by atomic mass is 10.1. The molecule has 0 aliphatic heterocycles. The Balaban J connectivity index is 2.01. The summed E-state index contributed by atoms with van der Waals surface area (Å²) in [5, 5.41) is 14.7. The van der Waals surface area contributed by atoms with Crippen LogP contribution in [0.2, 0.25) is 5.02 Å². The summed E-state index contributed by atoms with van der Waals surface area (Å²) in [4.78, 5) is 3.58. The maximum absolute atomic E-state index is 9.02. The molecule has 3 rings (SSSR count). The van der Waals surface area contributed by atoms with Gasteiger partial charge in [-0.05, 0) is 36.4 Å². The molecule has 1 heterocycles. The molecule has 1 aromatic heterocycles. The molecule has 110 valence electrons. The largest absolute Gasteiger partial charge is 0.409 e. The minimum Gasteiger partial charge on any atom is -0.409 e. The first-order chi connectivity index (χ1) is 10.2. The molecule has 0 bridgehead atoms. The number of amidine groups is 1. The van der Waals surface area contributed by atoms with Crippen LogP contribution in [0.1, 0.15) is 23.3 Å². The van der Waals surface area contributed by atoms with Gasteiger partial charge in [0.25, 0.3) is 0 Å². The number of benzene rings is 1. The van der Waals surface area contributed by atoms with Gasteiger partial charge in [-0.25, -0.2) is 0 Å². The SMILES string of the molecule is NC(=NO)c1c(Cl)cccc1N(Cc1cccs1)C1CC1. The molecule has 0 amide bonds. The van der Waals surface area contributed by atoms with E-state index in [4.69, 9.17) is 22.5 Å². The van der Waals surface area contributed by atoms with Gasteiger partial charge in [0.05, 0.1) is 17.1 Å². The molecule has 4 nitrogen and oxygen atoms in total. The van der Waals surface area contributed by atoms with Gasteiger partial charge in [-0.1, -0.05) is 28.9 Å². The summed E-state index contributed by atoms with van der Waals surface area (Å²) in [6.07, 6.45) is 2.32. The summed E-state index contributed by atoms with van der Waals surface area (Å²) in [6.45, 7) is 0.814. The van der Waals surface area contributed by atoms with Crippen molar-refractivity contribution >= 4 is 34.5 Å². The predicted octanol–water partition coefficient (Wildman–Crippen LogP) is 3.67.